The molecule has 0 aliphatic heterocycles. The fraction of sp³-hybridized carbons (Fsp3) is 0. The molecule has 8 rings (SSSR count). The molecule has 0 saturated heterocycles. The van der Waals surface area contributed by atoms with Crippen LogP contribution in [0.5, 0.6) is 0 Å². The van der Waals surface area contributed by atoms with Crippen molar-refractivity contribution in [2.24, 2.45) is 0 Å². The van der Waals surface area contributed by atoms with Gasteiger partial charge in [0.05, 0.1) is 5.69 Å². The minimum atomic E-state index is 0.889. The first-order valence-corrected chi connectivity index (χ1v) is 14.9. The van der Waals surface area contributed by atoms with Crippen LogP contribution in [-0.2, 0) is 0 Å². The van der Waals surface area contributed by atoms with E-state index in [-0.39, 0.29) is 0 Å². The zero-order valence-corrected chi connectivity index (χ0v) is 24.1. The van der Waals surface area contributed by atoms with Crippen molar-refractivity contribution in [3.05, 3.63) is 176 Å². The van der Waals surface area contributed by atoms with Crippen LogP contribution in [0.1, 0.15) is 0 Å². The molecule has 44 heavy (non-hydrogen) atoms. The standard InChI is InChI=1S/C42H29NO/c1-4-13-30(14-5-1)32-23-26-35(27-24-32)43(34-17-8-3-9-18-34)39-29-33(31-15-6-2-7-16-31)25-28-36(39)37-20-12-22-41-42(37)38-19-10-11-21-40(38)44-41/h1-29H. The number of para-hydroxylation sites is 2. The Bertz CT molecular complexity index is 2200. The van der Waals surface area contributed by atoms with Crippen molar-refractivity contribution in [2.75, 3.05) is 4.90 Å². The Morgan fingerprint density at radius 2 is 0.909 bits per heavy atom. The maximum Gasteiger partial charge on any atom is 0.136 e. The summed E-state index contributed by atoms with van der Waals surface area (Å²) in [6, 6.07) is 62.1. The summed E-state index contributed by atoms with van der Waals surface area (Å²) >= 11 is 0. The third-order valence-electron chi connectivity index (χ3n) is 8.29. The molecule has 1 heterocycles. The van der Waals surface area contributed by atoms with E-state index in [2.05, 4.69) is 169 Å². The molecule has 2 nitrogen and oxygen atoms in total. The van der Waals surface area contributed by atoms with Gasteiger partial charge in [-0.1, -0.05) is 133 Å². The highest BCUT2D eigenvalue weighted by Gasteiger charge is 2.21. The van der Waals surface area contributed by atoms with Crippen molar-refractivity contribution >= 4 is 39.0 Å². The summed E-state index contributed by atoms with van der Waals surface area (Å²) in [5, 5.41) is 2.25. The molecule has 0 bridgehead atoms. The van der Waals surface area contributed by atoms with E-state index in [1.807, 2.05) is 12.1 Å². The lowest BCUT2D eigenvalue weighted by Gasteiger charge is -2.29. The summed E-state index contributed by atoms with van der Waals surface area (Å²) in [6.07, 6.45) is 0. The summed E-state index contributed by atoms with van der Waals surface area (Å²) < 4.78 is 6.32. The van der Waals surface area contributed by atoms with Crippen molar-refractivity contribution in [3.63, 3.8) is 0 Å². The van der Waals surface area contributed by atoms with Gasteiger partial charge in [-0.3, -0.25) is 0 Å². The Kier molecular flexibility index (Phi) is 6.51. The number of hydrogen-bond donors (Lipinski definition) is 0. The summed E-state index contributed by atoms with van der Waals surface area (Å²) in [7, 11) is 0. The molecule has 0 aliphatic carbocycles. The summed E-state index contributed by atoms with van der Waals surface area (Å²) in [4.78, 5) is 2.37. The Labute approximate surface area is 257 Å². The van der Waals surface area contributed by atoms with E-state index in [0.29, 0.717) is 0 Å². The molecule has 0 amide bonds. The second kappa shape index (κ2) is 11.1. The van der Waals surface area contributed by atoms with Crippen LogP contribution >= 0.6 is 0 Å². The largest absolute Gasteiger partial charge is 0.456 e. The number of nitrogens with zero attached hydrogens (tertiary/aromatic N) is 1. The van der Waals surface area contributed by atoms with Gasteiger partial charge in [0.2, 0.25) is 0 Å². The zero-order valence-electron chi connectivity index (χ0n) is 24.1. The fourth-order valence-corrected chi connectivity index (χ4v) is 6.19. The molecule has 1 aromatic heterocycles. The Balaban J connectivity index is 1.39. The third kappa shape index (κ3) is 4.63. The molecule has 0 fully saturated rings. The second-order valence-corrected chi connectivity index (χ2v) is 11.0. The van der Waals surface area contributed by atoms with Gasteiger partial charge in [-0.15, -0.1) is 0 Å². The van der Waals surface area contributed by atoms with E-state index in [9.17, 15) is 0 Å². The van der Waals surface area contributed by atoms with Crippen molar-refractivity contribution < 1.29 is 4.42 Å². The fourth-order valence-electron chi connectivity index (χ4n) is 6.19. The lowest BCUT2D eigenvalue weighted by atomic mass is 9.94. The smallest absolute Gasteiger partial charge is 0.136 e. The van der Waals surface area contributed by atoms with Crippen LogP contribution < -0.4 is 4.90 Å². The van der Waals surface area contributed by atoms with E-state index in [4.69, 9.17) is 4.42 Å². The molecule has 7 aromatic carbocycles. The van der Waals surface area contributed by atoms with Crippen LogP contribution in [0.3, 0.4) is 0 Å². The number of fused-ring (bicyclic) bond motifs is 3. The molecular formula is C42H29NO. The van der Waals surface area contributed by atoms with Crippen LogP contribution in [0.4, 0.5) is 17.1 Å². The number of hydrogen-bond acceptors (Lipinski definition) is 2. The Hall–Kier alpha value is -5.86. The van der Waals surface area contributed by atoms with Crippen LogP contribution in [0, 0.1) is 0 Å². The summed E-state index contributed by atoms with van der Waals surface area (Å²) in [5.74, 6) is 0. The summed E-state index contributed by atoms with van der Waals surface area (Å²) in [6.45, 7) is 0. The molecule has 0 radical (unpaired) electrons. The van der Waals surface area contributed by atoms with Crippen LogP contribution in [0.2, 0.25) is 0 Å². The molecular weight excluding hydrogens is 534 g/mol. The molecule has 208 valence electrons. The number of furan rings is 1. The predicted octanol–water partition coefficient (Wildman–Crippen LogP) is 12.1. The van der Waals surface area contributed by atoms with Crippen molar-refractivity contribution in [1.82, 2.24) is 0 Å². The summed E-state index contributed by atoms with van der Waals surface area (Å²) in [5.41, 5.74) is 12.1. The van der Waals surface area contributed by atoms with E-state index in [1.54, 1.807) is 0 Å². The lowest BCUT2D eigenvalue weighted by molar-refractivity contribution is 0.669. The van der Waals surface area contributed by atoms with E-state index >= 15 is 0 Å². The molecule has 2 heteroatoms. The van der Waals surface area contributed by atoms with Gasteiger partial charge in [0.1, 0.15) is 11.2 Å². The minimum absolute atomic E-state index is 0.889. The first-order valence-electron chi connectivity index (χ1n) is 14.9. The average molecular weight is 564 g/mol. The minimum Gasteiger partial charge on any atom is -0.456 e. The van der Waals surface area contributed by atoms with Gasteiger partial charge >= 0.3 is 0 Å². The van der Waals surface area contributed by atoms with Crippen LogP contribution in [0.15, 0.2) is 180 Å². The topological polar surface area (TPSA) is 16.4 Å². The van der Waals surface area contributed by atoms with Crippen molar-refractivity contribution in [2.45, 2.75) is 0 Å². The first kappa shape index (κ1) is 25.8. The maximum absolute atomic E-state index is 6.32. The van der Waals surface area contributed by atoms with Crippen LogP contribution in [0.25, 0.3) is 55.3 Å². The number of benzene rings is 7. The van der Waals surface area contributed by atoms with E-state index in [1.165, 1.54) is 16.7 Å². The number of rotatable bonds is 6. The van der Waals surface area contributed by atoms with Gasteiger partial charge in [0.15, 0.2) is 0 Å². The van der Waals surface area contributed by atoms with Gasteiger partial charge in [-0.25, -0.2) is 0 Å². The zero-order chi connectivity index (χ0) is 29.3. The predicted molar refractivity (Wildman–Crippen MR) is 185 cm³/mol. The van der Waals surface area contributed by atoms with E-state index in [0.717, 1.165) is 55.7 Å². The van der Waals surface area contributed by atoms with Crippen molar-refractivity contribution in [1.29, 1.82) is 0 Å². The highest BCUT2D eigenvalue weighted by atomic mass is 16.3. The lowest BCUT2D eigenvalue weighted by Crippen LogP contribution is -2.11. The number of anilines is 3. The Morgan fingerprint density at radius 1 is 0.364 bits per heavy atom. The highest BCUT2D eigenvalue weighted by molar-refractivity contribution is 6.14. The molecule has 0 N–H and O–H groups in total. The monoisotopic (exact) mass is 563 g/mol. The molecule has 0 saturated carbocycles. The normalized spacial score (nSPS) is 11.2. The van der Waals surface area contributed by atoms with Gasteiger partial charge in [0, 0.05) is 27.7 Å². The SMILES string of the molecule is c1ccc(-c2ccc(N(c3ccccc3)c3cc(-c4ccccc4)ccc3-c3cccc4oc5ccccc5c34)cc2)cc1. The third-order valence-corrected chi connectivity index (χ3v) is 8.29. The van der Waals surface area contributed by atoms with Crippen LogP contribution in [-0.4, -0.2) is 0 Å². The molecule has 8 aromatic rings. The van der Waals surface area contributed by atoms with Crippen molar-refractivity contribution in [3.8, 4) is 33.4 Å². The van der Waals surface area contributed by atoms with Gasteiger partial charge in [0.25, 0.3) is 0 Å². The van der Waals surface area contributed by atoms with E-state index < -0.39 is 0 Å². The first-order chi connectivity index (χ1) is 21.8. The quantitative estimate of drug-likeness (QED) is 0.200. The van der Waals surface area contributed by atoms with Gasteiger partial charge in [-0.05, 0) is 70.3 Å². The molecule has 0 unspecified atom stereocenters. The van der Waals surface area contributed by atoms with Gasteiger partial charge in [-0.2, -0.15) is 0 Å². The molecule has 0 spiro atoms. The highest BCUT2D eigenvalue weighted by Crippen LogP contribution is 2.46. The maximum atomic E-state index is 6.32. The molecule has 0 atom stereocenters. The second-order valence-electron chi connectivity index (χ2n) is 11.0. The average Bonchev–Trinajstić information content (AvgIpc) is 3.49. The molecule has 0 aliphatic rings. The van der Waals surface area contributed by atoms with Gasteiger partial charge < -0.3 is 9.32 Å². The Morgan fingerprint density at radius 3 is 1.64 bits per heavy atom.